The summed E-state index contributed by atoms with van der Waals surface area (Å²) in [7, 11) is 0. The molecule has 0 aliphatic rings. The van der Waals surface area contributed by atoms with Crippen LogP contribution in [0.25, 0.3) is 0 Å². The lowest BCUT2D eigenvalue weighted by molar-refractivity contribution is -0.120. The molecule has 0 spiro atoms. The third-order valence-corrected chi connectivity index (χ3v) is 3.73. The third-order valence-electron chi connectivity index (χ3n) is 2.87. The minimum atomic E-state index is -0.382. The fraction of sp³-hybridized carbons (Fsp3) is 0.500. The molecule has 0 saturated heterocycles. The lowest BCUT2D eigenvalue weighted by Crippen LogP contribution is -2.40. The molecule has 0 aliphatic heterocycles. The van der Waals surface area contributed by atoms with E-state index in [0.29, 0.717) is 22.3 Å². The first-order valence-electron chi connectivity index (χ1n) is 6.61. The van der Waals surface area contributed by atoms with Gasteiger partial charge in [0.05, 0.1) is 16.7 Å². The van der Waals surface area contributed by atoms with Crippen LogP contribution in [0.2, 0.25) is 0 Å². The number of carbonyl (C=O) groups is 1. The number of rotatable bonds is 6. The summed E-state index contributed by atoms with van der Waals surface area (Å²) >= 11 is 3.21. The largest absolute Gasteiger partial charge is 0.360 e. The van der Waals surface area contributed by atoms with Gasteiger partial charge in [-0.1, -0.05) is 6.07 Å². The molecule has 4 nitrogen and oxygen atoms in total. The molecule has 6 heteroatoms. The van der Waals surface area contributed by atoms with E-state index >= 15 is 0 Å². The number of anilines is 1. The highest BCUT2D eigenvalue weighted by atomic mass is 79.9. The average Bonchev–Trinajstić information content (AvgIpc) is 2.38. The van der Waals surface area contributed by atoms with E-state index in [1.54, 1.807) is 17.0 Å². The molecule has 112 valence electrons. The van der Waals surface area contributed by atoms with Gasteiger partial charge in [0.25, 0.3) is 0 Å². The van der Waals surface area contributed by atoms with Crippen molar-refractivity contribution < 1.29 is 9.18 Å². The van der Waals surface area contributed by atoms with E-state index in [1.165, 1.54) is 0 Å². The predicted molar refractivity (Wildman–Crippen MR) is 83.2 cm³/mol. The molecule has 3 N–H and O–H groups in total. The lowest BCUT2D eigenvalue weighted by atomic mass is 10.2. The van der Waals surface area contributed by atoms with Gasteiger partial charge in [0.2, 0.25) is 5.91 Å². The second-order valence-corrected chi connectivity index (χ2v) is 5.61. The number of carbonyl (C=O) groups excluding carboxylic acids is 1. The van der Waals surface area contributed by atoms with Crippen molar-refractivity contribution in [2.75, 3.05) is 18.0 Å². The number of benzene rings is 1. The van der Waals surface area contributed by atoms with Gasteiger partial charge in [0, 0.05) is 19.1 Å². The number of amides is 1. The zero-order valence-electron chi connectivity index (χ0n) is 12.0. The van der Waals surface area contributed by atoms with Gasteiger partial charge in [0.15, 0.2) is 5.82 Å². The second kappa shape index (κ2) is 7.59. The van der Waals surface area contributed by atoms with E-state index in [-0.39, 0.29) is 30.9 Å². The van der Waals surface area contributed by atoms with Crippen molar-refractivity contribution in [1.82, 2.24) is 5.32 Å². The monoisotopic (exact) mass is 345 g/mol. The van der Waals surface area contributed by atoms with Crippen molar-refractivity contribution in [3.8, 4) is 0 Å². The van der Waals surface area contributed by atoms with Gasteiger partial charge in [0.1, 0.15) is 0 Å². The Bertz CT molecular complexity index is 480. The maximum absolute atomic E-state index is 14.3. The van der Waals surface area contributed by atoms with Gasteiger partial charge in [-0.2, -0.15) is 0 Å². The van der Waals surface area contributed by atoms with Crippen LogP contribution in [0.3, 0.4) is 0 Å². The summed E-state index contributed by atoms with van der Waals surface area (Å²) in [6.45, 7) is 6.59. The number of likely N-dealkylation sites (N-methyl/N-ethyl adjacent to an activating group) is 1. The maximum Gasteiger partial charge on any atom is 0.239 e. The molecule has 0 unspecified atom stereocenters. The summed E-state index contributed by atoms with van der Waals surface area (Å²) in [5.74, 6) is -0.507. The van der Waals surface area contributed by atoms with Crippen LogP contribution in [0.5, 0.6) is 0 Å². The fourth-order valence-corrected chi connectivity index (χ4v) is 2.39. The Kier molecular flexibility index (Phi) is 6.42. The summed E-state index contributed by atoms with van der Waals surface area (Å²) in [5, 5.41) is 2.80. The SMILES string of the molecule is CCN(CC(=O)NC(C)C)c1ccc(CN)c(Br)c1F. The molecule has 1 aromatic rings. The molecule has 1 amide bonds. The van der Waals surface area contributed by atoms with Crippen LogP contribution in [0.15, 0.2) is 16.6 Å². The van der Waals surface area contributed by atoms with Crippen molar-refractivity contribution in [3.63, 3.8) is 0 Å². The first-order valence-corrected chi connectivity index (χ1v) is 7.41. The third kappa shape index (κ3) is 4.18. The Hall–Kier alpha value is -1.14. The Labute approximate surface area is 127 Å². The van der Waals surface area contributed by atoms with Crippen LogP contribution in [-0.2, 0) is 11.3 Å². The van der Waals surface area contributed by atoms with E-state index in [4.69, 9.17) is 5.73 Å². The molecule has 0 aliphatic carbocycles. The Balaban J connectivity index is 2.96. The number of nitrogens with one attached hydrogen (secondary N) is 1. The molecule has 20 heavy (non-hydrogen) atoms. The quantitative estimate of drug-likeness (QED) is 0.832. The zero-order valence-corrected chi connectivity index (χ0v) is 13.6. The zero-order chi connectivity index (χ0) is 15.3. The van der Waals surface area contributed by atoms with Crippen molar-refractivity contribution in [3.05, 3.63) is 28.0 Å². The molecule has 0 radical (unpaired) electrons. The van der Waals surface area contributed by atoms with E-state index in [1.807, 2.05) is 20.8 Å². The van der Waals surface area contributed by atoms with Crippen LogP contribution in [0, 0.1) is 5.82 Å². The van der Waals surface area contributed by atoms with Gasteiger partial charge >= 0.3 is 0 Å². The van der Waals surface area contributed by atoms with Crippen LogP contribution in [0.1, 0.15) is 26.3 Å². The molecule has 1 aromatic carbocycles. The molecule has 0 bridgehead atoms. The first-order chi connectivity index (χ1) is 9.40. The van der Waals surface area contributed by atoms with E-state index in [2.05, 4.69) is 21.2 Å². The molecule has 0 saturated carbocycles. The highest BCUT2D eigenvalue weighted by molar-refractivity contribution is 9.10. The molecule has 0 fully saturated rings. The van der Waals surface area contributed by atoms with Gasteiger partial charge in [-0.25, -0.2) is 4.39 Å². The van der Waals surface area contributed by atoms with Crippen LogP contribution < -0.4 is 16.0 Å². The number of nitrogens with two attached hydrogens (primary N) is 1. The maximum atomic E-state index is 14.3. The topological polar surface area (TPSA) is 58.4 Å². The van der Waals surface area contributed by atoms with Crippen LogP contribution in [0.4, 0.5) is 10.1 Å². The van der Waals surface area contributed by atoms with E-state index in [9.17, 15) is 9.18 Å². The fourth-order valence-electron chi connectivity index (χ4n) is 1.89. The molecular weight excluding hydrogens is 325 g/mol. The van der Waals surface area contributed by atoms with Crippen molar-refractivity contribution in [2.45, 2.75) is 33.4 Å². The Morgan fingerprint density at radius 1 is 1.50 bits per heavy atom. The van der Waals surface area contributed by atoms with Gasteiger partial charge in [-0.05, 0) is 48.3 Å². The molecule has 0 aromatic heterocycles. The summed E-state index contributed by atoms with van der Waals surface area (Å²) in [6, 6.07) is 3.50. The minimum Gasteiger partial charge on any atom is -0.360 e. The van der Waals surface area contributed by atoms with Crippen molar-refractivity contribution >= 4 is 27.5 Å². The summed E-state index contributed by atoms with van der Waals surface area (Å²) < 4.78 is 14.7. The highest BCUT2D eigenvalue weighted by Crippen LogP contribution is 2.29. The normalized spacial score (nSPS) is 10.8. The molecule has 0 heterocycles. The van der Waals surface area contributed by atoms with Crippen LogP contribution >= 0.6 is 15.9 Å². The van der Waals surface area contributed by atoms with Crippen LogP contribution in [-0.4, -0.2) is 25.0 Å². The Morgan fingerprint density at radius 3 is 2.65 bits per heavy atom. The first kappa shape index (κ1) is 16.9. The van der Waals surface area contributed by atoms with Crippen molar-refractivity contribution in [2.24, 2.45) is 5.73 Å². The number of hydrogen-bond acceptors (Lipinski definition) is 3. The number of hydrogen-bond donors (Lipinski definition) is 2. The predicted octanol–water partition coefficient (Wildman–Crippen LogP) is 2.40. The number of halogens is 2. The Morgan fingerprint density at radius 2 is 2.15 bits per heavy atom. The highest BCUT2D eigenvalue weighted by Gasteiger charge is 2.17. The summed E-state index contributed by atoms with van der Waals surface area (Å²) in [4.78, 5) is 13.5. The van der Waals surface area contributed by atoms with E-state index in [0.717, 1.165) is 0 Å². The average molecular weight is 346 g/mol. The number of nitrogens with zero attached hydrogens (tertiary/aromatic N) is 1. The smallest absolute Gasteiger partial charge is 0.239 e. The summed E-state index contributed by atoms with van der Waals surface area (Å²) in [6.07, 6.45) is 0. The van der Waals surface area contributed by atoms with Gasteiger partial charge in [-0.3, -0.25) is 4.79 Å². The van der Waals surface area contributed by atoms with Crippen molar-refractivity contribution in [1.29, 1.82) is 0 Å². The molecule has 0 atom stereocenters. The van der Waals surface area contributed by atoms with Gasteiger partial charge < -0.3 is 16.0 Å². The van der Waals surface area contributed by atoms with Gasteiger partial charge in [-0.15, -0.1) is 0 Å². The lowest BCUT2D eigenvalue weighted by Gasteiger charge is -2.24. The second-order valence-electron chi connectivity index (χ2n) is 4.81. The standard InChI is InChI=1S/C14H21BrFN3O/c1-4-19(8-12(20)18-9(2)3)11-6-5-10(7-17)13(15)14(11)16/h5-6,9H,4,7-8,17H2,1-3H3,(H,18,20). The van der Waals surface area contributed by atoms with E-state index < -0.39 is 0 Å². The molecule has 1 rings (SSSR count). The molecular formula is C14H21BrFN3O. The minimum absolute atomic E-state index is 0.0670. The summed E-state index contributed by atoms with van der Waals surface area (Å²) in [5.41, 5.74) is 6.64.